The van der Waals surface area contributed by atoms with Crippen LogP contribution in [0, 0.1) is 0 Å². The zero-order valence-corrected chi connectivity index (χ0v) is 47.8. The number of quaternary nitrogens is 1. The van der Waals surface area contributed by atoms with E-state index in [1.807, 2.05) is 27.2 Å². The van der Waals surface area contributed by atoms with Crippen LogP contribution in [0.1, 0.15) is 251 Å². The highest BCUT2D eigenvalue weighted by atomic mass is 31.2. The number of allylic oxidation sites excluding steroid dienone is 13. The van der Waals surface area contributed by atoms with Crippen LogP contribution in [0.5, 0.6) is 0 Å². The maximum absolute atomic E-state index is 12.9. The largest absolute Gasteiger partial charge is 0.756 e. The third-order valence-electron chi connectivity index (χ3n) is 12.8. The fraction of sp³-hybridized carbons (Fsp3) is 0.758. The van der Waals surface area contributed by atoms with Gasteiger partial charge in [0.2, 0.25) is 5.91 Å². The minimum absolute atomic E-state index is 0.0104. The molecule has 0 rings (SSSR count). The van der Waals surface area contributed by atoms with Crippen molar-refractivity contribution in [2.24, 2.45) is 0 Å². The molecule has 9 heteroatoms. The number of aliphatic hydroxyl groups is 1. The first-order valence-corrected chi connectivity index (χ1v) is 30.9. The molecule has 0 bridgehead atoms. The van der Waals surface area contributed by atoms with E-state index in [2.05, 4.69) is 92.1 Å². The fourth-order valence-corrected chi connectivity index (χ4v) is 8.96. The molecule has 1 amide bonds. The number of phosphoric acid groups is 1. The first-order chi connectivity index (χ1) is 34.5. The van der Waals surface area contributed by atoms with Gasteiger partial charge < -0.3 is 28.8 Å². The molecule has 0 aromatic rings. The van der Waals surface area contributed by atoms with E-state index >= 15 is 0 Å². The molecular formula is C62H113N2O6P. The normalized spacial score (nSPS) is 14.5. The van der Waals surface area contributed by atoms with E-state index in [9.17, 15) is 19.4 Å². The van der Waals surface area contributed by atoms with Crippen LogP contribution in [0.25, 0.3) is 0 Å². The van der Waals surface area contributed by atoms with Crippen LogP contribution in [0.15, 0.2) is 85.1 Å². The molecule has 0 aliphatic heterocycles. The van der Waals surface area contributed by atoms with Crippen LogP contribution in [0.4, 0.5) is 0 Å². The van der Waals surface area contributed by atoms with Crippen molar-refractivity contribution in [3.8, 4) is 0 Å². The molecule has 0 aromatic carbocycles. The molecule has 0 fully saturated rings. The average Bonchev–Trinajstić information content (AvgIpc) is 3.33. The molecule has 0 saturated heterocycles. The van der Waals surface area contributed by atoms with Crippen molar-refractivity contribution in [2.75, 3.05) is 40.9 Å². The number of amides is 1. The number of phosphoric ester groups is 1. The van der Waals surface area contributed by atoms with Crippen molar-refractivity contribution in [3.05, 3.63) is 85.1 Å². The van der Waals surface area contributed by atoms with Crippen molar-refractivity contribution >= 4 is 13.7 Å². The van der Waals surface area contributed by atoms with Crippen LogP contribution >= 0.6 is 7.82 Å². The van der Waals surface area contributed by atoms with E-state index in [0.29, 0.717) is 17.4 Å². The molecule has 0 saturated carbocycles. The molecule has 3 unspecified atom stereocenters. The predicted octanol–water partition coefficient (Wildman–Crippen LogP) is 17.4. The van der Waals surface area contributed by atoms with Gasteiger partial charge >= 0.3 is 0 Å². The van der Waals surface area contributed by atoms with Gasteiger partial charge in [0.1, 0.15) is 13.2 Å². The zero-order chi connectivity index (χ0) is 52.0. The molecule has 71 heavy (non-hydrogen) atoms. The van der Waals surface area contributed by atoms with E-state index < -0.39 is 26.6 Å². The van der Waals surface area contributed by atoms with Crippen LogP contribution < -0.4 is 10.2 Å². The van der Waals surface area contributed by atoms with Crippen LogP contribution in [-0.2, 0) is 18.4 Å². The second-order valence-corrected chi connectivity index (χ2v) is 22.4. The third kappa shape index (κ3) is 55.3. The van der Waals surface area contributed by atoms with Gasteiger partial charge in [0.05, 0.1) is 39.9 Å². The molecule has 3 atom stereocenters. The Hall–Kier alpha value is -2.32. The lowest BCUT2D eigenvalue weighted by Crippen LogP contribution is -2.45. The van der Waals surface area contributed by atoms with Crippen molar-refractivity contribution < 1.29 is 32.9 Å². The van der Waals surface area contributed by atoms with Gasteiger partial charge in [-0.1, -0.05) is 247 Å². The van der Waals surface area contributed by atoms with Gasteiger partial charge in [0, 0.05) is 6.42 Å². The summed E-state index contributed by atoms with van der Waals surface area (Å²) in [6.07, 6.45) is 74.0. The van der Waals surface area contributed by atoms with Gasteiger partial charge in [-0.15, -0.1) is 0 Å². The Labute approximate surface area is 439 Å². The maximum atomic E-state index is 12.9. The number of unbranched alkanes of at least 4 members (excludes halogenated alkanes) is 28. The number of rotatable bonds is 53. The summed E-state index contributed by atoms with van der Waals surface area (Å²) in [6.45, 7) is 4.49. The summed E-state index contributed by atoms with van der Waals surface area (Å²) in [5, 5.41) is 13.8. The lowest BCUT2D eigenvalue weighted by Gasteiger charge is -2.29. The van der Waals surface area contributed by atoms with Gasteiger partial charge in [-0.25, -0.2) is 0 Å². The quantitative estimate of drug-likeness (QED) is 0.0272. The third-order valence-corrected chi connectivity index (χ3v) is 13.8. The summed E-state index contributed by atoms with van der Waals surface area (Å²) in [4.78, 5) is 25.4. The fourth-order valence-electron chi connectivity index (χ4n) is 8.24. The number of carbonyl (C=O) groups excluding carboxylic acids is 1. The molecule has 2 N–H and O–H groups in total. The molecule has 0 radical (unpaired) electrons. The molecule has 0 aromatic heterocycles. The van der Waals surface area contributed by atoms with E-state index in [4.69, 9.17) is 9.05 Å². The second-order valence-electron chi connectivity index (χ2n) is 20.9. The highest BCUT2D eigenvalue weighted by molar-refractivity contribution is 7.45. The van der Waals surface area contributed by atoms with Gasteiger partial charge in [-0.05, 0) is 83.5 Å². The molecule has 0 heterocycles. The van der Waals surface area contributed by atoms with E-state index in [1.165, 1.54) is 154 Å². The predicted molar refractivity (Wildman–Crippen MR) is 307 cm³/mol. The number of nitrogens with zero attached hydrogens (tertiary/aromatic N) is 1. The summed E-state index contributed by atoms with van der Waals surface area (Å²) in [5.74, 6) is -0.211. The summed E-state index contributed by atoms with van der Waals surface area (Å²) in [6, 6.07) is -0.911. The topological polar surface area (TPSA) is 108 Å². The minimum atomic E-state index is -4.61. The summed E-state index contributed by atoms with van der Waals surface area (Å²) in [5.41, 5.74) is 0. The van der Waals surface area contributed by atoms with Crippen LogP contribution in [-0.4, -0.2) is 68.5 Å². The monoisotopic (exact) mass is 1010 g/mol. The number of carbonyl (C=O) groups is 1. The molecule has 412 valence electrons. The zero-order valence-electron chi connectivity index (χ0n) is 46.9. The maximum Gasteiger partial charge on any atom is 0.268 e. The molecule has 8 nitrogen and oxygen atoms in total. The summed E-state index contributed by atoms with van der Waals surface area (Å²) < 4.78 is 23.3. The highest BCUT2D eigenvalue weighted by Gasteiger charge is 2.23. The smallest absolute Gasteiger partial charge is 0.268 e. The SMILES string of the molecule is CC/C=C\C/C=C\C/C=C\C/C=C\CCCCCCCCCCCCCCCCCCCCCCCCC(=O)NC(COP(=O)([O-])OCC[N+](C)(C)C)C(O)/C=C/CC/C=C/CC/C=C/CCCCCC. The van der Waals surface area contributed by atoms with E-state index in [1.54, 1.807) is 6.08 Å². The Balaban J connectivity index is 4.02. The Bertz CT molecular complexity index is 1430. The van der Waals surface area contributed by atoms with Crippen molar-refractivity contribution in [3.63, 3.8) is 0 Å². The Morgan fingerprint density at radius 3 is 1.31 bits per heavy atom. The minimum Gasteiger partial charge on any atom is -0.756 e. The lowest BCUT2D eigenvalue weighted by atomic mass is 10.0. The first kappa shape index (κ1) is 68.7. The van der Waals surface area contributed by atoms with Gasteiger partial charge in [-0.3, -0.25) is 9.36 Å². The van der Waals surface area contributed by atoms with E-state index in [0.717, 1.165) is 77.0 Å². The molecular weight excluding hydrogens is 900 g/mol. The molecule has 0 spiro atoms. The standard InChI is InChI=1S/C62H113N2O6P/c1-6-8-10-12-14-16-18-20-22-23-24-25-26-27-28-29-30-31-32-33-34-35-36-37-38-39-40-41-42-44-46-48-50-52-54-56-62(66)63-60(59-70-71(67,68)69-58-57-64(3,4)5)61(65)55-53-51-49-47-45-43-21-19-17-15-13-11-9-7-2/h8,10,14,16-17,19-20,22,24-25,45,47,53,55,60-61,65H,6-7,9,11-13,15,18,21,23,26-44,46,48-52,54,56-59H2,1-5H3,(H-,63,66,67,68)/b10-8-,16-14-,19-17+,22-20-,25-24-,47-45+,55-53+. The van der Waals surface area contributed by atoms with Crippen LogP contribution in [0.2, 0.25) is 0 Å². The Morgan fingerprint density at radius 1 is 0.507 bits per heavy atom. The average molecular weight is 1010 g/mol. The van der Waals surface area contributed by atoms with Crippen LogP contribution in [0.3, 0.4) is 0 Å². The van der Waals surface area contributed by atoms with Crippen molar-refractivity contribution in [1.29, 1.82) is 0 Å². The lowest BCUT2D eigenvalue weighted by molar-refractivity contribution is -0.870. The van der Waals surface area contributed by atoms with Gasteiger partial charge in [0.15, 0.2) is 0 Å². The van der Waals surface area contributed by atoms with Crippen molar-refractivity contribution in [1.82, 2.24) is 5.32 Å². The number of likely N-dealkylation sites (N-methyl/N-ethyl adjacent to an activating group) is 1. The number of hydrogen-bond donors (Lipinski definition) is 2. The number of nitrogens with one attached hydrogen (secondary N) is 1. The second kappa shape index (κ2) is 52.5. The first-order valence-electron chi connectivity index (χ1n) is 29.4. The summed E-state index contributed by atoms with van der Waals surface area (Å²) >= 11 is 0. The number of hydrogen-bond acceptors (Lipinski definition) is 6. The van der Waals surface area contributed by atoms with Gasteiger partial charge in [0.25, 0.3) is 7.82 Å². The molecule has 0 aliphatic rings. The van der Waals surface area contributed by atoms with E-state index in [-0.39, 0.29) is 12.5 Å². The van der Waals surface area contributed by atoms with Gasteiger partial charge in [-0.2, -0.15) is 0 Å². The summed E-state index contributed by atoms with van der Waals surface area (Å²) in [7, 11) is 1.23. The van der Waals surface area contributed by atoms with Crippen molar-refractivity contribution in [2.45, 2.75) is 264 Å². The highest BCUT2D eigenvalue weighted by Crippen LogP contribution is 2.38. The number of aliphatic hydroxyl groups excluding tert-OH is 1. The molecule has 0 aliphatic carbocycles. The Kier molecular flexibility index (Phi) is 50.8. The Morgan fingerprint density at radius 2 is 0.873 bits per heavy atom.